The van der Waals surface area contributed by atoms with E-state index in [1.54, 1.807) is 25.3 Å². The van der Waals surface area contributed by atoms with E-state index in [1.807, 2.05) is 27.7 Å². The third-order valence-electron chi connectivity index (χ3n) is 1.20. The second-order valence-electron chi connectivity index (χ2n) is 2.56. The van der Waals surface area contributed by atoms with Crippen molar-refractivity contribution in [3.63, 3.8) is 0 Å². The fourth-order valence-corrected chi connectivity index (χ4v) is 1.38. The number of hydrogen-bond donors (Lipinski definition) is 1. The van der Waals surface area contributed by atoms with Gasteiger partial charge in [-0.25, -0.2) is 8.42 Å². The molecule has 1 aromatic heterocycles. The Bertz CT molecular complexity index is 375. The maximum atomic E-state index is 10.8. The summed E-state index contributed by atoms with van der Waals surface area (Å²) in [5.74, 6) is 0. The predicted molar refractivity (Wildman–Crippen MR) is 70.1 cm³/mol. The molecule has 4 nitrogen and oxygen atoms in total. The molecule has 0 bridgehead atoms. The number of hydrogen-bond acceptors (Lipinski definition) is 3. The van der Waals surface area contributed by atoms with Crippen LogP contribution in [0.25, 0.3) is 0 Å². The molecule has 94 valence electrons. The fourth-order valence-electron chi connectivity index (χ4n) is 0.823. The molecule has 0 amide bonds. The van der Waals surface area contributed by atoms with Crippen molar-refractivity contribution >= 4 is 15.7 Å². The molecule has 1 heterocycles. The molecule has 0 aromatic carbocycles. The van der Waals surface area contributed by atoms with E-state index in [9.17, 15) is 8.42 Å². The van der Waals surface area contributed by atoms with Crippen LogP contribution in [0, 0.1) is 6.92 Å². The third-order valence-corrected chi connectivity index (χ3v) is 1.81. The number of aryl methyl sites for hydroxylation is 1. The van der Waals surface area contributed by atoms with Gasteiger partial charge in [0.2, 0.25) is 10.0 Å². The standard InChI is InChI=1S/C7H10N2O2S.2C2H6/c1-6-5-7(3-4-8-6)9-12(2,10)11;2*1-2/h3-5H,1-2H3,(H,8,9);2*1-2H3. The SMILES string of the molecule is CC.CC.Cc1cc(NS(C)(=O)=O)ccn1. The smallest absolute Gasteiger partial charge is 0.229 e. The molecule has 5 heteroatoms. The number of sulfonamides is 1. The minimum absolute atomic E-state index is 0.546. The topological polar surface area (TPSA) is 59.1 Å². The van der Waals surface area contributed by atoms with Crippen LogP contribution < -0.4 is 4.72 Å². The second-order valence-corrected chi connectivity index (χ2v) is 4.31. The molecule has 0 aliphatic carbocycles. The molecule has 0 spiro atoms. The van der Waals surface area contributed by atoms with E-state index in [0.29, 0.717) is 5.69 Å². The summed E-state index contributed by atoms with van der Waals surface area (Å²) in [6.45, 7) is 9.80. The van der Waals surface area contributed by atoms with E-state index in [0.717, 1.165) is 11.9 Å². The summed E-state index contributed by atoms with van der Waals surface area (Å²) >= 11 is 0. The molecular formula is C11H22N2O2S. The van der Waals surface area contributed by atoms with Gasteiger partial charge in [-0.05, 0) is 19.1 Å². The van der Waals surface area contributed by atoms with Crippen molar-refractivity contribution in [1.82, 2.24) is 4.98 Å². The highest BCUT2D eigenvalue weighted by atomic mass is 32.2. The first kappa shape index (κ1) is 17.3. The average molecular weight is 246 g/mol. The van der Waals surface area contributed by atoms with Crippen LogP contribution in [0.4, 0.5) is 5.69 Å². The van der Waals surface area contributed by atoms with Crippen molar-refractivity contribution in [2.24, 2.45) is 0 Å². The normalized spacial score (nSPS) is 9.12. The van der Waals surface area contributed by atoms with Gasteiger partial charge in [-0.15, -0.1) is 0 Å². The second kappa shape index (κ2) is 9.15. The predicted octanol–water partition coefficient (Wildman–Crippen LogP) is 2.81. The summed E-state index contributed by atoms with van der Waals surface area (Å²) in [7, 11) is -3.17. The van der Waals surface area contributed by atoms with Crippen LogP contribution in [0.3, 0.4) is 0 Å². The van der Waals surface area contributed by atoms with Crippen molar-refractivity contribution < 1.29 is 8.42 Å². The van der Waals surface area contributed by atoms with Gasteiger partial charge in [-0.3, -0.25) is 9.71 Å². The minimum atomic E-state index is -3.17. The number of nitrogens with zero attached hydrogens (tertiary/aromatic N) is 1. The van der Waals surface area contributed by atoms with E-state index >= 15 is 0 Å². The molecule has 0 atom stereocenters. The molecular weight excluding hydrogens is 224 g/mol. The lowest BCUT2D eigenvalue weighted by atomic mass is 10.3. The third kappa shape index (κ3) is 9.45. The Morgan fingerprint density at radius 1 is 1.19 bits per heavy atom. The van der Waals surface area contributed by atoms with Crippen LogP contribution >= 0.6 is 0 Å². The van der Waals surface area contributed by atoms with E-state index < -0.39 is 10.0 Å². The molecule has 1 N–H and O–H groups in total. The Hall–Kier alpha value is -1.10. The Labute approximate surface area is 99.2 Å². The minimum Gasteiger partial charge on any atom is -0.284 e. The number of nitrogens with one attached hydrogen (secondary N) is 1. The van der Waals surface area contributed by atoms with E-state index in [4.69, 9.17) is 0 Å². The number of rotatable bonds is 2. The molecule has 0 aliphatic rings. The van der Waals surface area contributed by atoms with Crippen molar-refractivity contribution in [2.45, 2.75) is 34.6 Å². The van der Waals surface area contributed by atoms with Gasteiger partial charge in [0.1, 0.15) is 0 Å². The lowest BCUT2D eigenvalue weighted by molar-refractivity contribution is 0.607. The van der Waals surface area contributed by atoms with Gasteiger partial charge in [0, 0.05) is 11.9 Å². The summed E-state index contributed by atoms with van der Waals surface area (Å²) in [6, 6.07) is 3.27. The molecule has 0 saturated carbocycles. The van der Waals surface area contributed by atoms with Crippen LogP contribution in [0.2, 0.25) is 0 Å². The molecule has 0 unspecified atom stereocenters. The zero-order chi connectivity index (χ0) is 13.2. The first-order valence-corrected chi connectivity index (χ1v) is 7.27. The van der Waals surface area contributed by atoms with Gasteiger partial charge in [0.25, 0.3) is 0 Å². The highest BCUT2D eigenvalue weighted by Gasteiger charge is 2.00. The maximum Gasteiger partial charge on any atom is 0.229 e. The molecule has 1 aromatic rings. The highest BCUT2D eigenvalue weighted by Crippen LogP contribution is 2.07. The zero-order valence-electron chi connectivity index (χ0n) is 10.9. The summed E-state index contributed by atoms with van der Waals surface area (Å²) in [5, 5.41) is 0. The lowest BCUT2D eigenvalue weighted by Gasteiger charge is -2.02. The number of aromatic nitrogens is 1. The molecule has 0 aliphatic heterocycles. The van der Waals surface area contributed by atoms with Crippen LogP contribution in [0.15, 0.2) is 18.3 Å². The number of pyridine rings is 1. The van der Waals surface area contributed by atoms with Gasteiger partial charge in [0.05, 0.1) is 11.9 Å². The summed E-state index contributed by atoms with van der Waals surface area (Å²) in [4.78, 5) is 3.94. The Kier molecular flexibility index (Phi) is 9.89. The van der Waals surface area contributed by atoms with Gasteiger partial charge >= 0.3 is 0 Å². The highest BCUT2D eigenvalue weighted by molar-refractivity contribution is 7.92. The number of anilines is 1. The van der Waals surface area contributed by atoms with Crippen LogP contribution in [0.5, 0.6) is 0 Å². The first-order chi connectivity index (χ1) is 7.47. The molecule has 0 radical (unpaired) electrons. The molecule has 16 heavy (non-hydrogen) atoms. The monoisotopic (exact) mass is 246 g/mol. The van der Waals surface area contributed by atoms with Gasteiger partial charge in [-0.1, -0.05) is 27.7 Å². The van der Waals surface area contributed by atoms with E-state index in [1.165, 1.54) is 0 Å². The van der Waals surface area contributed by atoms with Gasteiger partial charge in [0.15, 0.2) is 0 Å². The maximum absolute atomic E-state index is 10.8. The van der Waals surface area contributed by atoms with E-state index in [2.05, 4.69) is 9.71 Å². The Balaban J connectivity index is 0. The van der Waals surface area contributed by atoms with Crippen molar-refractivity contribution in [3.8, 4) is 0 Å². The molecule has 0 fully saturated rings. The summed E-state index contributed by atoms with van der Waals surface area (Å²) in [5.41, 5.74) is 1.33. The van der Waals surface area contributed by atoms with Crippen LogP contribution in [-0.2, 0) is 10.0 Å². The Morgan fingerprint density at radius 2 is 1.69 bits per heavy atom. The fraction of sp³-hybridized carbons (Fsp3) is 0.545. The van der Waals surface area contributed by atoms with Crippen molar-refractivity contribution in [2.75, 3.05) is 11.0 Å². The summed E-state index contributed by atoms with van der Waals surface area (Å²) < 4.78 is 23.9. The molecule has 1 rings (SSSR count). The lowest BCUT2D eigenvalue weighted by Crippen LogP contribution is -2.09. The quantitative estimate of drug-likeness (QED) is 0.873. The van der Waals surface area contributed by atoms with Crippen LogP contribution in [-0.4, -0.2) is 19.7 Å². The first-order valence-electron chi connectivity index (χ1n) is 5.38. The van der Waals surface area contributed by atoms with E-state index in [-0.39, 0.29) is 0 Å². The van der Waals surface area contributed by atoms with Crippen molar-refractivity contribution in [1.29, 1.82) is 0 Å². The summed E-state index contributed by atoms with van der Waals surface area (Å²) in [6.07, 6.45) is 2.67. The van der Waals surface area contributed by atoms with Gasteiger partial charge in [-0.2, -0.15) is 0 Å². The van der Waals surface area contributed by atoms with Crippen molar-refractivity contribution in [3.05, 3.63) is 24.0 Å². The van der Waals surface area contributed by atoms with Crippen LogP contribution in [0.1, 0.15) is 33.4 Å². The van der Waals surface area contributed by atoms with Gasteiger partial charge < -0.3 is 0 Å². The molecule has 0 saturated heterocycles. The largest absolute Gasteiger partial charge is 0.284 e. The average Bonchev–Trinajstić information content (AvgIpc) is 2.21. The zero-order valence-corrected chi connectivity index (χ0v) is 11.7. The Morgan fingerprint density at radius 3 is 2.06 bits per heavy atom.